The predicted octanol–water partition coefficient (Wildman–Crippen LogP) is 3.09. The second kappa shape index (κ2) is 7.72. The van der Waals surface area contributed by atoms with E-state index in [0.29, 0.717) is 21.3 Å². The lowest BCUT2D eigenvalue weighted by molar-refractivity contribution is -0.119. The van der Waals surface area contributed by atoms with Crippen LogP contribution >= 0.6 is 23.2 Å². The minimum Gasteiger partial charge on any atom is -0.376 e. The van der Waals surface area contributed by atoms with E-state index in [2.05, 4.69) is 20.8 Å². The SMILES string of the molecule is O=C(CNc1ccc(F)cc1)N/N=C/c1c(Cl)cncc1Cl. The number of amides is 1. The second-order valence-electron chi connectivity index (χ2n) is 4.17. The Morgan fingerprint density at radius 3 is 2.50 bits per heavy atom. The highest BCUT2D eigenvalue weighted by molar-refractivity contribution is 6.38. The highest BCUT2D eigenvalue weighted by Gasteiger charge is 2.04. The van der Waals surface area contributed by atoms with Gasteiger partial charge in [-0.25, -0.2) is 9.82 Å². The fourth-order valence-corrected chi connectivity index (χ4v) is 1.97. The summed E-state index contributed by atoms with van der Waals surface area (Å²) in [5, 5.41) is 7.25. The Kier molecular flexibility index (Phi) is 5.68. The lowest BCUT2D eigenvalue weighted by Gasteiger charge is -2.05. The molecule has 0 radical (unpaired) electrons. The minimum absolute atomic E-state index is 0.0131. The predicted molar refractivity (Wildman–Crippen MR) is 84.9 cm³/mol. The Hall–Kier alpha value is -2.18. The summed E-state index contributed by atoms with van der Waals surface area (Å²) < 4.78 is 12.7. The number of hydrogen-bond acceptors (Lipinski definition) is 4. The van der Waals surface area contributed by atoms with Gasteiger partial charge in [-0.05, 0) is 24.3 Å². The molecule has 2 aromatic rings. The average molecular weight is 341 g/mol. The van der Waals surface area contributed by atoms with Gasteiger partial charge in [0.15, 0.2) is 0 Å². The van der Waals surface area contributed by atoms with E-state index in [-0.39, 0.29) is 18.3 Å². The van der Waals surface area contributed by atoms with Crippen LogP contribution in [0.15, 0.2) is 41.8 Å². The van der Waals surface area contributed by atoms with Crippen LogP contribution in [0.25, 0.3) is 0 Å². The third-order valence-corrected chi connectivity index (χ3v) is 3.17. The van der Waals surface area contributed by atoms with Gasteiger partial charge in [0, 0.05) is 23.6 Å². The molecule has 0 atom stereocenters. The van der Waals surface area contributed by atoms with E-state index < -0.39 is 0 Å². The van der Waals surface area contributed by atoms with Gasteiger partial charge >= 0.3 is 0 Å². The van der Waals surface area contributed by atoms with Crippen molar-refractivity contribution in [1.29, 1.82) is 0 Å². The maximum absolute atomic E-state index is 12.7. The zero-order valence-electron chi connectivity index (χ0n) is 11.2. The van der Waals surface area contributed by atoms with Gasteiger partial charge in [-0.2, -0.15) is 5.10 Å². The number of halogens is 3. The van der Waals surface area contributed by atoms with E-state index in [4.69, 9.17) is 23.2 Å². The highest BCUT2D eigenvalue weighted by atomic mass is 35.5. The normalized spacial score (nSPS) is 10.7. The smallest absolute Gasteiger partial charge is 0.259 e. The lowest BCUT2D eigenvalue weighted by Crippen LogP contribution is -2.25. The number of anilines is 1. The number of rotatable bonds is 5. The number of nitrogens with one attached hydrogen (secondary N) is 2. The molecule has 1 heterocycles. The van der Waals surface area contributed by atoms with Gasteiger partial charge in [0.25, 0.3) is 5.91 Å². The molecule has 5 nitrogen and oxygen atoms in total. The van der Waals surface area contributed by atoms with E-state index in [0.717, 1.165) is 0 Å². The Labute approximate surface area is 136 Å². The monoisotopic (exact) mass is 340 g/mol. The van der Waals surface area contributed by atoms with Crippen molar-refractivity contribution in [3.8, 4) is 0 Å². The topological polar surface area (TPSA) is 66.4 Å². The van der Waals surface area contributed by atoms with Crippen LogP contribution in [0.3, 0.4) is 0 Å². The van der Waals surface area contributed by atoms with Crippen LogP contribution in [-0.4, -0.2) is 23.7 Å². The van der Waals surface area contributed by atoms with E-state index in [1.54, 1.807) is 0 Å². The summed E-state index contributed by atoms with van der Waals surface area (Å²) in [6.07, 6.45) is 4.18. The molecule has 0 bridgehead atoms. The first-order chi connectivity index (χ1) is 10.6. The molecule has 2 N–H and O–H groups in total. The molecule has 1 aromatic carbocycles. The summed E-state index contributed by atoms with van der Waals surface area (Å²) in [5.41, 5.74) is 3.41. The summed E-state index contributed by atoms with van der Waals surface area (Å²) in [7, 11) is 0. The van der Waals surface area contributed by atoms with Gasteiger partial charge in [0.1, 0.15) is 5.82 Å². The first-order valence-corrected chi connectivity index (χ1v) is 6.92. The summed E-state index contributed by atoms with van der Waals surface area (Å²) in [6.45, 7) is -0.0131. The highest BCUT2D eigenvalue weighted by Crippen LogP contribution is 2.20. The maximum atomic E-state index is 12.7. The van der Waals surface area contributed by atoms with Crippen LogP contribution in [0.1, 0.15) is 5.56 Å². The minimum atomic E-state index is -0.373. The molecule has 22 heavy (non-hydrogen) atoms. The standard InChI is InChI=1S/C14H11Cl2FN4O/c15-12-6-18-7-13(16)11(12)5-20-21-14(22)8-19-10-3-1-9(17)2-4-10/h1-7,19H,8H2,(H,21,22)/b20-5+. The summed E-state index contributed by atoms with van der Waals surface area (Å²) >= 11 is 11.8. The average Bonchev–Trinajstić information content (AvgIpc) is 2.50. The number of carbonyl (C=O) groups is 1. The number of benzene rings is 1. The number of hydrogen-bond donors (Lipinski definition) is 2. The molecule has 0 saturated heterocycles. The first-order valence-electron chi connectivity index (χ1n) is 6.16. The van der Waals surface area contributed by atoms with Crippen LogP contribution in [-0.2, 0) is 4.79 Å². The number of nitrogens with zero attached hydrogens (tertiary/aromatic N) is 2. The van der Waals surface area contributed by atoms with Gasteiger partial charge in [0.05, 0.1) is 22.8 Å². The summed E-state index contributed by atoms with van der Waals surface area (Å²) in [5.74, 6) is -0.715. The summed E-state index contributed by atoms with van der Waals surface area (Å²) in [4.78, 5) is 15.4. The molecule has 2 rings (SSSR count). The number of hydrazone groups is 1. The van der Waals surface area contributed by atoms with Gasteiger partial charge in [-0.1, -0.05) is 23.2 Å². The van der Waals surface area contributed by atoms with Crippen LogP contribution in [0.2, 0.25) is 10.0 Å². The number of aromatic nitrogens is 1. The van der Waals surface area contributed by atoms with Crippen molar-refractivity contribution in [3.63, 3.8) is 0 Å². The molecule has 0 spiro atoms. The zero-order chi connectivity index (χ0) is 15.9. The van der Waals surface area contributed by atoms with Crippen LogP contribution in [0.5, 0.6) is 0 Å². The van der Waals surface area contributed by atoms with Crippen molar-refractivity contribution in [2.45, 2.75) is 0 Å². The Bertz CT molecular complexity index is 671. The third kappa shape index (κ3) is 4.68. The van der Waals surface area contributed by atoms with E-state index in [1.165, 1.54) is 42.9 Å². The Morgan fingerprint density at radius 2 is 1.86 bits per heavy atom. The Morgan fingerprint density at radius 1 is 1.23 bits per heavy atom. The molecule has 0 aliphatic rings. The lowest BCUT2D eigenvalue weighted by atomic mass is 10.3. The van der Waals surface area contributed by atoms with Gasteiger partial charge in [0.2, 0.25) is 0 Å². The van der Waals surface area contributed by atoms with Gasteiger partial charge in [-0.15, -0.1) is 0 Å². The molecule has 0 unspecified atom stereocenters. The fourth-order valence-electron chi connectivity index (χ4n) is 1.50. The van der Waals surface area contributed by atoms with Crippen LogP contribution in [0, 0.1) is 5.82 Å². The van der Waals surface area contributed by atoms with E-state index in [1.807, 2.05) is 0 Å². The van der Waals surface area contributed by atoms with Gasteiger partial charge in [-0.3, -0.25) is 9.78 Å². The van der Waals surface area contributed by atoms with Crippen molar-refractivity contribution in [3.05, 3.63) is 58.1 Å². The second-order valence-corrected chi connectivity index (χ2v) is 4.98. The third-order valence-electron chi connectivity index (χ3n) is 2.57. The largest absolute Gasteiger partial charge is 0.376 e. The molecular weight excluding hydrogens is 330 g/mol. The maximum Gasteiger partial charge on any atom is 0.259 e. The summed E-state index contributed by atoms with van der Waals surface area (Å²) in [6, 6.07) is 5.66. The Balaban J connectivity index is 1.85. The molecule has 0 saturated carbocycles. The molecule has 114 valence electrons. The molecular formula is C14H11Cl2FN4O. The van der Waals surface area contributed by atoms with E-state index in [9.17, 15) is 9.18 Å². The van der Waals surface area contributed by atoms with Crippen LogP contribution in [0.4, 0.5) is 10.1 Å². The van der Waals surface area contributed by atoms with Crippen molar-refractivity contribution < 1.29 is 9.18 Å². The van der Waals surface area contributed by atoms with Crippen LogP contribution < -0.4 is 10.7 Å². The number of pyridine rings is 1. The van der Waals surface area contributed by atoms with Gasteiger partial charge < -0.3 is 5.32 Å². The molecule has 0 aliphatic carbocycles. The van der Waals surface area contributed by atoms with Crippen molar-refractivity contribution in [2.24, 2.45) is 5.10 Å². The first kappa shape index (κ1) is 16.2. The molecule has 8 heteroatoms. The molecule has 1 aromatic heterocycles. The molecule has 0 aliphatic heterocycles. The molecule has 1 amide bonds. The zero-order valence-corrected chi connectivity index (χ0v) is 12.7. The van der Waals surface area contributed by atoms with Crippen molar-refractivity contribution in [1.82, 2.24) is 10.4 Å². The van der Waals surface area contributed by atoms with Crippen molar-refractivity contribution in [2.75, 3.05) is 11.9 Å². The quantitative estimate of drug-likeness (QED) is 0.649. The number of carbonyl (C=O) groups excluding carboxylic acids is 1. The molecule has 0 fully saturated rings. The van der Waals surface area contributed by atoms with E-state index >= 15 is 0 Å². The van der Waals surface area contributed by atoms with Crippen molar-refractivity contribution >= 4 is 41.0 Å². The fraction of sp³-hybridized carbons (Fsp3) is 0.0714.